The van der Waals surface area contributed by atoms with E-state index in [1.807, 2.05) is 48.5 Å². The Balaban J connectivity index is 1.89. The van der Waals surface area contributed by atoms with E-state index < -0.39 is 0 Å². The second kappa shape index (κ2) is 9.10. The summed E-state index contributed by atoms with van der Waals surface area (Å²) in [6.45, 7) is 0.389. The Morgan fingerprint density at radius 1 is 0.963 bits per heavy atom. The van der Waals surface area contributed by atoms with Gasteiger partial charge in [0, 0.05) is 20.1 Å². The highest BCUT2D eigenvalue weighted by Gasteiger charge is 2.07. The Bertz CT molecular complexity index is 1010. The number of benzene rings is 3. The third kappa shape index (κ3) is 5.37. The number of hydrogen-bond donors (Lipinski definition) is 0. The smallest absolute Gasteiger partial charge is 0.127 e. The van der Waals surface area contributed by atoms with Gasteiger partial charge in [-0.2, -0.15) is 5.26 Å². The number of allylic oxidation sites excluding steroid dienone is 1. The summed E-state index contributed by atoms with van der Waals surface area (Å²) in [5, 5.41) is 10.8. The lowest BCUT2D eigenvalue weighted by atomic mass is 10.0. The van der Waals surface area contributed by atoms with E-state index in [-0.39, 0.29) is 0 Å². The molecule has 0 fully saturated rings. The van der Waals surface area contributed by atoms with Gasteiger partial charge in [-0.25, -0.2) is 0 Å². The molecule has 0 radical (unpaired) electrons. The summed E-state index contributed by atoms with van der Waals surface area (Å²) in [5.41, 5.74) is 3.10. The second-order valence-corrected chi connectivity index (χ2v) is 7.56. The largest absolute Gasteiger partial charge is 0.488 e. The topological polar surface area (TPSA) is 33.0 Å². The van der Waals surface area contributed by atoms with Crippen LogP contribution in [-0.2, 0) is 6.61 Å². The van der Waals surface area contributed by atoms with E-state index in [1.54, 1.807) is 24.3 Å². The lowest BCUT2D eigenvalue weighted by Crippen LogP contribution is -1.97. The van der Waals surface area contributed by atoms with Crippen molar-refractivity contribution in [1.82, 2.24) is 0 Å². The van der Waals surface area contributed by atoms with Crippen LogP contribution in [0.1, 0.15) is 16.7 Å². The predicted molar refractivity (Wildman–Crippen MR) is 115 cm³/mol. The van der Waals surface area contributed by atoms with Crippen LogP contribution in [0.25, 0.3) is 11.6 Å². The van der Waals surface area contributed by atoms with E-state index in [0.29, 0.717) is 28.0 Å². The van der Waals surface area contributed by atoms with E-state index in [1.165, 1.54) is 0 Å². The van der Waals surface area contributed by atoms with Gasteiger partial charge in [0.1, 0.15) is 12.4 Å². The summed E-state index contributed by atoms with van der Waals surface area (Å²) in [4.78, 5) is 0. The Kier molecular flexibility index (Phi) is 6.58. The minimum atomic E-state index is 0.389. The molecule has 5 heteroatoms. The zero-order valence-corrected chi connectivity index (χ0v) is 17.2. The third-order valence-corrected chi connectivity index (χ3v) is 4.87. The average Bonchev–Trinajstić information content (AvgIpc) is 2.67. The van der Waals surface area contributed by atoms with Crippen molar-refractivity contribution in [3.05, 3.63) is 97.9 Å². The van der Waals surface area contributed by atoms with Crippen molar-refractivity contribution in [2.45, 2.75) is 6.61 Å². The number of nitrogens with zero attached hydrogens (tertiary/aromatic N) is 1. The fourth-order valence-corrected chi connectivity index (χ4v) is 3.04. The minimum Gasteiger partial charge on any atom is -0.488 e. The summed E-state index contributed by atoms with van der Waals surface area (Å²) in [7, 11) is 0. The predicted octanol–water partition coefficient (Wildman–Crippen LogP) is 7.40. The molecule has 3 aromatic carbocycles. The molecule has 0 aliphatic heterocycles. The van der Waals surface area contributed by atoms with Gasteiger partial charge in [0.05, 0.1) is 11.6 Å². The molecule has 0 saturated carbocycles. The van der Waals surface area contributed by atoms with E-state index >= 15 is 0 Å². The van der Waals surface area contributed by atoms with Crippen LogP contribution in [0.15, 0.2) is 71.2 Å². The maximum absolute atomic E-state index is 9.59. The number of ether oxygens (including phenoxy) is 1. The van der Waals surface area contributed by atoms with Crippen LogP contribution in [-0.4, -0.2) is 0 Å². The molecule has 3 aromatic rings. The average molecular weight is 459 g/mol. The molecular formula is C22H14BrCl2NO. The summed E-state index contributed by atoms with van der Waals surface area (Å²) >= 11 is 15.5. The summed E-state index contributed by atoms with van der Waals surface area (Å²) < 4.78 is 6.91. The van der Waals surface area contributed by atoms with Crippen LogP contribution >= 0.6 is 39.1 Å². The van der Waals surface area contributed by atoms with Crippen LogP contribution in [0.2, 0.25) is 10.0 Å². The first-order valence-electron chi connectivity index (χ1n) is 8.10. The van der Waals surface area contributed by atoms with Gasteiger partial charge in [0.25, 0.3) is 0 Å². The highest BCUT2D eigenvalue weighted by Crippen LogP contribution is 2.29. The molecule has 0 unspecified atom stereocenters. The molecule has 0 bridgehead atoms. The zero-order valence-electron chi connectivity index (χ0n) is 14.1. The molecular weight excluding hydrogens is 445 g/mol. The molecule has 27 heavy (non-hydrogen) atoms. The summed E-state index contributed by atoms with van der Waals surface area (Å²) in [6.07, 6.45) is 1.78. The number of nitriles is 1. The molecule has 0 amide bonds. The molecule has 0 spiro atoms. The highest BCUT2D eigenvalue weighted by molar-refractivity contribution is 9.10. The molecule has 2 nitrogen and oxygen atoms in total. The molecule has 0 aliphatic rings. The molecule has 0 aromatic heterocycles. The van der Waals surface area contributed by atoms with Crippen molar-refractivity contribution >= 4 is 50.8 Å². The van der Waals surface area contributed by atoms with Crippen LogP contribution in [0.3, 0.4) is 0 Å². The SMILES string of the molecule is N#C/C(=C\c1cc(Cl)ccc1OCc1ccc(Cl)cc1)c1ccc(Br)cc1. The molecule has 0 aliphatic carbocycles. The first kappa shape index (κ1) is 19.5. The molecule has 134 valence electrons. The van der Waals surface area contributed by atoms with Gasteiger partial charge in [-0.05, 0) is 59.7 Å². The van der Waals surface area contributed by atoms with E-state index in [2.05, 4.69) is 22.0 Å². The zero-order chi connectivity index (χ0) is 19.2. The fraction of sp³-hybridized carbons (Fsp3) is 0.0455. The van der Waals surface area contributed by atoms with Crippen molar-refractivity contribution in [2.24, 2.45) is 0 Å². The molecule has 0 atom stereocenters. The van der Waals surface area contributed by atoms with Gasteiger partial charge in [-0.1, -0.05) is 63.4 Å². The second-order valence-electron chi connectivity index (χ2n) is 5.77. The van der Waals surface area contributed by atoms with Gasteiger partial charge >= 0.3 is 0 Å². The van der Waals surface area contributed by atoms with Crippen LogP contribution < -0.4 is 4.74 Å². The number of rotatable bonds is 5. The Morgan fingerprint density at radius 3 is 2.30 bits per heavy atom. The molecule has 0 heterocycles. The van der Waals surface area contributed by atoms with Gasteiger partial charge in [0.15, 0.2) is 0 Å². The van der Waals surface area contributed by atoms with Gasteiger partial charge in [-0.3, -0.25) is 0 Å². The van der Waals surface area contributed by atoms with Gasteiger partial charge in [0.2, 0.25) is 0 Å². The lowest BCUT2D eigenvalue weighted by Gasteiger charge is -2.11. The lowest BCUT2D eigenvalue weighted by molar-refractivity contribution is 0.305. The van der Waals surface area contributed by atoms with E-state index in [9.17, 15) is 5.26 Å². The first-order valence-corrected chi connectivity index (χ1v) is 9.64. The minimum absolute atomic E-state index is 0.389. The van der Waals surface area contributed by atoms with E-state index in [4.69, 9.17) is 27.9 Å². The molecule has 3 rings (SSSR count). The number of halogens is 3. The highest BCUT2D eigenvalue weighted by atomic mass is 79.9. The molecule has 0 N–H and O–H groups in total. The van der Waals surface area contributed by atoms with E-state index in [0.717, 1.165) is 21.2 Å². The maximum atomic E-state index is 9.59. The van der Waals surface area contributed by atoms with Crippen molar-refractivity contribution in [2.75, 3.05) is 0 Å². The third-order valence-electron chi connectivity index (χ3n) is 3.85. The Hall–Kier alpha value is -2.25. The van der Waals surface area contributed by atoms with Crippen molar-refractivity contribution in [3.63, 3.8) is 0 Å². The normalized spacial score (nSPS) is 11.1. The summed E-state index contributed by atoms with van der Waals surface area (Å²) in [5.74, 6) is 0.652. The van der Waals surface area contributed by atoms with Gasteiger partial charge < -0.3 is 4.74 Å². The summed E-state index contributed by atoms with van der Waals surface area (Å²) in [6, 6.07) is 22.6. The van der Waals surface area contributed by atoms with Crippen molar-refractivity contribution in [3.8, 4) is 11.8 Å². The Labute approximate surface area is 176 Å². The number of hydrogen-bond acceptors (Lipinski definition) is 2. The monoisotopic (exact) mass is 457 g/mol. The van der Waals surface area contributed by atoms with Crippen LogP contribution in [0.4, 0.5) is 0 Å². The van der Waals surface area contributed by atoms with Crippen LogP contribution in [0, 0.1) is 11.3 Å². The maximum Gasteiger partial charge on any atom is 0.127 e. The Morgan fingerprint density at radius 2 is 1.63 bits per heavy atom. The van der Waals surface area contributed by atoms with Crippen molar-refractivity contribution < 1.29 is 4.74 Å². The molecule has 0 saturated heterocycles. The quantitative estimate of drug-likeness (QED) is 0.294. The van der Waals surface area contributed by atoms with Crippen molar-refractivity contribution in [1.29, 1.82) is 5.26 Å². The first-order chi connectivity index (χ1) is 13.0. The standard InChI is InChI=1S/C22H14BrCl2NO/c23-19-5-3-16(4-6-19)18(13-26)11-17-12-21(25)9-10-22(17)27-14-15-1-7-20(24)8-2-15/h1-12H,14H2/b18-11+. The fourth-order valence-electron chi connectivity index (χ4n) is 2.47. The van der Waals surface area contributed by atoms with Gasteiger partial charge in [-0.15, -0.1) is 0 Å². The van der Waals surface area contributed by atoms with Crippen LogP contribution in [0.5, 0.6) is 5.75 Å².